The van der Waals surface area contributed by atoms with Gasteiger partial charge >= 0.3 is 0 Å². The third-order valence-electron chi connectivity index (χ3n) is 5.73. The van der Waals surface area contributed by atoms with Crippen LogP contribution in [0.5, 0.6) is 0 Å². The van der Waals surface area contributed by atoms with Gasteiger partial charge in [-0.15, -0.1) is 0 Å². The number of aromatic nitrogens is 2. The summed E-state index contributed by atoms with van der Waals surface area (Å²) in [5, 5.41) is 11.9. The molecule has 0 radical (unpaired) electrons. The maximum atomic E-state index is 12.4. The Morgan fingerprint density at radius 3 is 2.91 bits per heavy atom. The first-order valence-electron chi connectivity index (χ1n) is 10.7. The number of hydrogen-bond donors (Lipinski definition) is 4. The monoisotopic (exact) mass is 431 g/mol. The highest BCUT2D eigenvalue weighted by Crippen LogP contribution is 2.31. The molecule has 8 nitrogen and oxygen atoms in total. The lowest BCUT2D eigenvalue weighted by molar-refractivity contribution is -0.131. The zero-order chi connectivity index (χ0) is 22.7. The fraction of sp³-hybridized carbons (Fsp3) is 0.292. The van der Waals surface area contributed by atoms with Crippen molar-refractivity contribution in [2.24, 2.45) is 0 Å². The number of nitrogen functional groups attached to an aromatic ring is 1. The van der Waals surface area contributed by atoms with E-state index in [0.717, 1.165) is 47.6 Å². The van der Waals surface area contributed by atoms with Gasteiger partial charge in [0.05, 0.1) is 5.69 Å². The maximum absolute atomic E-state index is 12.4. The predicted octanol–water partition coefficient (Wildman–Crippen LogP) is 3.45. The van der Waals surface area contributed by atoms with Crippen LogP contribution >= 0.6 is 0 Å². The van der Waals surface area contributed by atoms with Crippen LogP contribution in [0.3, 0.4) is 0 Å². The van der Waals surface area contributed by atoms with Gasteiger partial charge in [-0.05, 0) is 56.4 Å². The number of H-pyrrole nitrogens is 1. The number of fused-ring (bicyclic) bond motifs is 1. The average molecular weight is 432 g/mol. The molecule has 5 N–H and O–H groups in total. The number of hydrogen-bond acceptors (Lipinski definition) is 6. The number of nitrogens with one attached hydrogen (secondary N) is 3. The molecular weight excluding hydrogens is 402 g/mol. The van der Waals surface area contributed by atoms with Gasteiger partial charge in [0.25, 0.3) is 0 Å². The number of rotatable bonds is 7. The number of nitrogens with zero attached hydrogens (tertiary/aromatic N) is 3. The van der Waals surface area contributed by atoms with Crippen LogP contribution in [0.4, 0.5) is 17.1 Å². The molecule has 3 heterocycles. The van der Waals surface area contributed by atoms with Gasteiger partial charge < -0.3 is 31.2 Å². The molecule has 0 saturated carbocycles. The van der Waals surface area contributed by atoms with Crippen molar-refractivity contribution < 1.29 is 4.79 Å². The van der Waals surface area contributed by atoms with Crippen LogP contribution in [-0.2, 0) is 4.79 Å². The van der Waals surface area contributed by atoms with E-state index in [9.17, 15) is 4.79 Å². The molecule has 1 aromatic carbocycles. The molecule has 32 heavy (non-hydrogen) atoms. The van der Waals surface area contributed by atoms with Gasteiger partial charge in [0, 0.05) is 66.5 Å². The number of aromatic amines is 1. The molecule has 0 bridgehead atoms. The van der Waals surface area contributed by atoms with E-state index in [1.54, 1.807) is 12.3 Å². The summed E-state index contributed by atoms with van der Waals surface area (Å²) >= 11 is 0. The molecule has 1 aliphatic rings. The second-order valence-electron chi connectivity index (χ2n) is 8.29. The smallest absolute Gasteiger partial charge is 0.224 e. The Hall–Kier alpha value is -3.65. The topological polar surface area (TPSA) is 114 Å². The summed E-state index contributed by atoms with van der Waals surface area (Å²) in [7, 11) is 3.96. The van der Waals surface area contributed by atoms with Crippen molar-refractivity contribution in [1.82, 2.24) is 19.8 Å². The van der Waals surface area contributed by atoms with Crippen molar-refractivity contribution in [3.63, 3.8) is 0 Å². The molecule has 3 aromatic rings. The van der Waals surface area contributed by atoms with E-state index in [-0.39, 0.29) is 5.91 Å². The van der Waals surface area contributed by atoms with E-state index >= 15 is 0 Å². The van der Waals surface area contributed by atoms with Crippen molar-refractivity contribution in [2.45, 2.75) is 12.8 Å². The third-order valence-corrected chi connectivity index (χ3v) is 5.73. The number of pyridine rings is 1. The van der Waals surface area contributed by atoms with E-state index < -0.39 is 0 Å². The van der Waals surface area contributed by atoms with E-state index in [1.807, 2.05) is 42.1 Å². The number of anilines is 3. The maximum Gasteiger partial charge on any atom is 0.224 e. The summed E-state index contributed by atoms with van der Waals surface area (Å²) in [4.78, 5) is 24.2. The fourth-order valence-electron chi connectivity index (χ4n) is 3.86. The van der Waals surface area contributed by atoms with Crippen molar-refractivity contribution in [3.05, 3.63) is 53.9 Å². The van der Waals surface area contributed by atoms with Crippen molar-refractivity contribution >= 4 is 45.8 Å². The first-order chi connectivity index (χ1) is 15.4. The lowest BCUT2D eigenvalue weighted by Gasteiger charge is -2.26. The second-order valence-corrected chi connectivity index (χ2v) is 8.29. The van der Waals surface area contributed by atoms with Crippen LogP contribution in [0.2, 0.25) is 0 Å². The number of carbonyl (C=O) groups is 1. The third kappa shape index (κ3) is 4.65. The van der Waals surface area contributed by atoms with Crippen LogP contribution in [-0.4, -0.2) is 65.6 Å². The van der Waals surface area contributed by atoms with Crippen LogP contribution in [0.25, 0.3) is 16.6 Å². The highest BCUT2D eigenvalue weighted by Gasteiger charge is 2.19. The molecule has 1 aliphatic heterocycles. The highest BCUT2D eigenvalue weighted by atomic mass is 16.2. The van der Waals surface area contributed by atoms with Gasteiger partial charge in [-0.1, -0.05) is 6.08 Å². The Morgan fingerprint density at radius 1 is 1.34 bits per heavy atom. The molecule has 2 aromatic heterocycles. The molecule has 0 saturated heterocycles. The van der Waals surface area contributed by atoms with E-state index in [4.69, 9.17) is 11.1 Å². The van der Waals surface area contributed by atoms with Gasteiger partial charge in [0.15, 0.2) is 0 Å². The van der Waals surface area contributed by atoms with Crippen LogP contribution in [0.1, 0.15) is 24.1 Å². The van der Waals surface area contributed by atoms with Crippen molar-refractivity contribution in [1.29, 1.82) is 5.41 Å². The minimum Gasteiger partial charge on any atom is -0.398 e. The molecule has 1 amide bonds. The first kappa shape index (κ1) is 21.6. The Bertz CT molecular complexity index is 1180. The Morgan fingerprint density at radius 2 is 2.19 bits per heavy atom. The van der Waals surface area contributed by atoms with Gasteiger partial charge in [0.1, 0.15) is 5.65 Å². The average Bonchev–Trinajstić information content (AvgIpc) is 3.24. The lowest BCUT2D eigenvalue weighted by Crippen LogP contribution is -2.36. The van der Waals surface area contributed by atoms with E-state index in [0.29, 0.717) is 24.2 Å². The Balaban J connectivity index is 1.52. The Kier molecular flexibility index (Phi) is 6.23. The number of carbonyl (C=O) groups excluding carboxylic acids is 1. The van der Waals surface area contributed by atoms with E-state index in [1.165, 1.54) is 11.8 Å². The van der Waals surface area contributed by atoms with Gasteiger partial charge in [0.2, 0.25) is 5.91 Å². The molecule has 0 unspecified atom stereocenters. The zero-order valence-corrected chi connectivity index (χ0v) is 18.5. The largest absolute Gasteiger partial charge is 0.398 e. The quantitative estimate of drug-likeness (QED) is 0.338. The van der Waals surface area contributed by atoms with Crippen LogP contribution < -0.4 is 11.1 Å². The molecule has 0 atom stereocenters. The normalized spacial score (nSPS) is 14.0. The summed E-state index contributed by atoms with van der Waals surface area (Å²) in [6.07, 6.45) is 6.50. The van der Waals surface area contributed by atoms with E-state index in [2.05, 4.69) is 27.4 Å². The van der Waals surface area contributed by atoms with Crippen LogP contribution in [0.15, 0.2) is 42.6 Å². The summed E-state index contributed by atoms with van der Waals surface area (Å²) in [6.45, 7) is 2.13. The van der Waals surface area contributed by atoms with Crippen molar-refractivity contribution in [3.8, 4) is 0 Å². The lowest BCUT2D eigenvalue weighted by atomic mass is 10.0. The standard InChI is InChI=1S/C24H29N7O/c1-30(2)10-8-23(32)31-11-6-16(7-12-31)22-14-19-21(5-9-27-24(19)29-22)28-18-3-4-20(26)17(13-18)15-25/h3-6,9,13-15,25H,7-8,10-12,26H2,1-2H3,(H2,27,28,29). The summed E-state index contributed by atoms with van der Waals surface area (Å²) in [6, 6.07) is 9.58. The zero-order valence-electron chi connectivity index (χ0n) is 18.5. The van der Waals surface area contributed by atoms with Gasteiger partial charge in [-0.25, -0.2) is 4.98 Å². The predicted molar refractivity (Wildman–Crippen MR) is 130 cm³/mol. The molecule has 0 fully saturated rings. The Labute approximate surface area is 187 Å². The van der Waals surface area contributed by atoms with Crippen molar-refractivity contribution in [2.75, 3.05) is 44.8 Å². The number of nitrogens with two attached hydrogens (primary N) is 1. The molecule has 4 rings (SSSR count). The summed E-state index contributed by atoms with van der Waals surface area (Å²) < 4.78 is 0. The van der Waals surface area contributed by atoms with Crippen LogP contribution in [0, 0.1) is 5.41 Å². The molecule has 8 heteroatoms. The highest BCUT2D eigenvalue weighted by molar-refractivity contribution is 5.95. The number of benzene rings is 1. The second kappa shape index (κ2) is 9.23. The first-order valence-corrected chi connectivity index (χ1v) is 10.7. The minimum absolute atomic E-state index is 0.201. The number of amides is 1. The summed E-state index contributed by atoms with van der Waals surface area (Å²) in [5.74, 6) is 0.201. The fourth-order valence-corrected chi connectivity index (χ4v) is 3.86. The SMILES string of the molecule is CN(C)CCC(=O)N1CC=C(c2cc3c(Nc4ccc(N)c(C=N)c4)ccnc3[nH]2)CC1. The molecule has 0 aliphatic carbocycles. The molecule has 166 valence electrons. The summed E-state index contributed by atoms with van der Waals surface area (Å²) in [5.41, 5.74) is 12.0. The molecular formula is C24H29N7O. The minimum atomic E-state index is 0.201. The molecule has 0 spiro atoms. The van der Waals surface area contributed by atoms with Gasteiger partial charge in [-0.3, -0.25) is 4.79 Å². The van der Waals surface area contributed by atoms with Gasteiger partial charge in [-0.2, -0.15) is 0 Å².